The molecule has 14 atom stereocenters. The molecule has 2 aliphatic heterocycles. The van der Waals surface area contributed by atoms with Crippen molar-refractivity contribution in [2.24, 2.45) is 23.1 Å². The Bertz CT molecular complexity index is 5070. The molecule has 43 heteroatoms. The first kappa shape index (κ1) is 93.8. The van der Waals surface area contributed by atoms with Crippen LogP contribution in [-0.2, 0) is 107 Å². The molecule has 664 valence electrons. The topological polar surface area (TPSA) is 632 Å². The quantitative estimate of drug-likeness (QED) is 0.0199. The Morgan fingerprint density at radius 1 is 0.548 bits per heavy atom. The maximum absolute atomic E-state index is 15.6. The number of para-hydroxylation sites is 3. The zero-order valence-corrected chi connectivity index (χ0v) is 70.5. The monoisotopic (exact) mass is 1770 g/mol. The SMILES string of the molecule is CSCC[C@H](NC(C)=O)C(=O)N[C@@H](Cc1c[nH]c2ccccc12)C(=O)N[C@H](C(=O)N[C@H](C(=O)N[C@H]1CSSC[C@@H](C(=O)N[C@@H](Cc2c[nH]c3ccccc23)C(=O)N2CCC[C@H]2C(N)=O)NC(=O)[C@H](CC(=O)O)NC(=O)[C@H](Cc2cnc[nH]2)NC(=O)[C@H](Cc2c[nH]c3ccccc23)NC(=O)[C@H](CC(N)=O)NC(=O)[C@H](CC(N)=O)NC1=O)C1CCCCC1)[C@@H](C)O. The third kappa shape index (κ3) is 25.8. The van der Waals surface area contributed by atoms with E-state index < -0.39 is 235 Å². The number of nitrogens with two attached hydrogens (primary N) is 3. The van der Waals surface area contributed by atoms with Crippen molar-refractivity contribution in [1.82, 2.24) is 93.6 Å². The van der Waals surface area contributed by atoms with Gasteiger partial charge in [0.1, 0.15) is 78.5 Å². The minimum Gasteiger partial charge on any atom is -0.481 e. The van der Waals surface area contributed by atoms with Crippen molar-refractivity contribution in [2.75, 3.05) is 30.1 Å². The Labute approximate surface area is 722 Å². The van der Waals surface area contributed by atoms with Crippen molar-refractivity contribution in [1.29, 1.82) is 0 Å². The van der Waals surface area contributed by atoms with Crippen LogP contribution in [0.3, 0.4) is 0 Å². The van der Waals surface area contributed by atoms with Crippen molar-refractivity contribution in [3.63, 3.8) is 0 Å². The number of nitrogens with zero attached hydrogens (tertiary/aromatic N) is 2. The summed E-state index contributed by atoms with van der Waals surface area (Å²) < 4.78 is 0. The first-order chi connectivity index (χ1) is 59.3. The van der Waals surface area contributed by atoms with Crippen LogP contribution < -0.4 is 81.0 Å². The summed E-state index contributed by atoms with van der Waals surface area (Å²) in [5.41, 5.74) is 20.8. The molecular weight excluding hydrogens is 1670 g/mol. The number of likely N-dealkylation sites (tertiary alicyclic amines) is 1. The fourth-order valence-electron chi connectivity index (χ4n) is 15.3. The number of nitrogens with one attached hydrogen (secondary N) is 16. The maximum Gasteiger partial charge on any atom is 0.305 e. The normalized spacial score (nSPS) is 21.4. The Balaban J connectivity index is 1.02. The number of hydrogen-bond acceptors (Lipinski definition) is 22. The number of aromatic nitrogens is 5. The Kier molecular flexibility index (Phi) is 33.7. The summed E-state index contributed by atoms with van der Waals surface area (Å²) in [7, 11) is 1.45. The molecule has 0 unspecified atom stereocenters. The van der Waals surface area contributed by atoms with Gasteiger partial charge in [0, 0.05) is 114 Å². The number of carbonyl (C=O) groups is 17. The lowest BCUT2D eigenvalue weighted by Gasteiger charge is -2.33. The Hall–Kier alpha value is -12.5. The highest BCUT2D eigenvalue weighted by atomic mass is 33.1. The summed E-state index contributed by atoms with van der Waals surface area (Å²) >= 11 is 1.40. The van der Waals surface area contributed by atoms with Crippen LogP contribution in [0.1, 0.15) is 107 Å². The van der Waals surface area contributed by atoms with Gasteiger partial charge in [-0.2, -0.15) is 11.8 Å². The fourth-order valence-corrected chi connectivity index (χ4v) is 18.1. The van der Waals surface area contributed by atoms with E-state index in [9.17, 15) is 58.2 Å². The molecule has 0 bridgehead atoms. The third-order valence-electron chi connectivity index (χ3n) is 21.6. The van der Waals surface area contributed by atoms with Crippen LogP contribution in [0.5, 0.6) is 0 Å². The summed E-state index contributed by atoms with van der Waals surface area (Å²) in [5.74, 6) is -20.4. The van der Waals surface area contributed by atoms with Gasteiger partial charge < -0.3 is 116 Å². The zero-order valence-electron chi connectivity index (χ0n) is 68.1. The van der Waals surface area contributed by atoms with E-state index in [4.69, 9.17) is 17.2 Å². The lowest BCUT2D eigenvalue weighted by Crippen LogP contribution is -2.63. The number of fused-ring (bicyclic) bond motifs is 3. The van der Waals surface area contributed by atoms with Gasteiger partial charge in [-0.1, -0.05) is 95.4 Å². The van der Waals surface area contributed by atoms with E-state index in [1.807, 2.05) is 0 Å². The number of aromatic amines is 4. The fraction of sp³-hybridized carbons (Fsp3) is 0.457. The summed E-state index contributed by atoms with van der Waals surface area (Å²) in [6, 6.07) is -1.45. The predicted octanol–water partition coefficient (Wildman–Crippen LogP) is -2.23. The molecule has 3 fully saturated rings. The molecular formula is C81H103N21O19S3. The highest BCUT2D eigenvalue weighted by Gasteiger charge is 2.43. The van der Waals surface area contributed by atoms with Crippen molar-refractivity contribution in [3.8, 4) is 0 Å². The number of imidazole rings is 1. The predicted molar refractivity (Wildman–Crippen MR) is 457 cm³/mol. The number of benzene rings is 3. The molecule has 3 aliphatic rings. The van der Waals surface area contributed by atoms with Crippen LogP contribution in [0.2, 0.25) is 0 Å². The molecule has 1 aliphatic carbocycles. The van der Waals surface area contributed by atoms with Crippen LogP contribution in [0.25, 0.3) is 32.7 Å². The number of carboxylic acid groups (broad SMARTS) is 1. The van der Waals surface area contributed by atoms with E-state index in [2.05, 4.69) is 88.7 Å². The molecule has 1 saturated carbocycles. The summed E-state index contributed by atoms with van der Waals surface area (Å²) in [6.07, 6.45) is 5.79. The van der Waals surface area contributed by atoms with E-state index in [-0.39, 0.29) is 50.8 Å². The number of H-pyrrole nitrogens is 4. The summed E-state index contributed by atoms with van der Waals surface area (Å²) in [6.45, 7) is 2.45. The van der Waals surface area contributed by atoms with Gasteiger partial charge in [0.25, 0.3) is 0 Å². The van der Waals surface area contributed by atoms with E-state index in [1.54, 1.807) is 91.4 Å². The Morgan fingerprint density at radius 2 is 1.06 bits per heavy atom. The molecule has 4 aromatic heterocycles. The Morgan fingerprint density at radius 3 is 1.60 bits per heavy atom. The number of carboxylic acids is 1. The van der Waals surface area contributed by atoms with Crippen LogP contribution >= 0.6 is 33.3 Å². The molecule has 0 spiro atoms. The molecule has 24 N–H and O–H groups in total. The lowest BCUT2D eigenvalue weighted by molar-refractivity contribution is -0.142. The zero-order chi connectivity index (χ0) is 89.4. The molecule has 10 rings (SSSR count). The van der Waals surface area contributed by atoms with E-state index in [0.29, 0.717) is 80.8 Å². The molecule has 7 aromatic rings. The van der Waals surface area contributed by atoms with Crippen LogP contribution in [-0.4, -0.2) is 255 Å². The second-order valence-electron chi connectivity index (χ2n) is 30.8. The van der Waals surface area contributed by atoms with E-state index in [0.717, 1.165) is 21.6 Å². The van der Waals surface area contributed by atoms with Gasteiger partial charge in [-0.15, -0.1) is 0 Å². The largest absolute Gasteiger partial charge is 0.481 e. The van der Waals surface area contributed by atoms with Gasteiger partial charge in [0.2, 0.25) is 94.5 Å². The average molecular weight is 1770 g/mol. The molecule has 3 aromatic carbocycles. The van der Waals surface area contributed by atoms with Crippen LogP contribution in [0, 0.1) is 5.92 Å². The van der Waals surface area contributed by atoms with Gasteiger partial charge >= 0.3 is 5.97 Å². The average Bonchev–Trinajstić information content (AvgIpc) is 1.64. The van der Waals surface area contributed by atoms with Gasteiger partial charge in [-0.25, -0.2) is 4.98 Å². The summed E-state index contributed by atoms with van der Waals surface area (Å²) in [4.78, 5) is 262. The number of aliphatic hydroxyl groups is 1. The molecule has 2 saturated heterocycles. The molecule has 6 heterocycles. The molecule has 40 nitrogen and oxygen atoms in total. The van der Waals surface area contributed by atoms with Gasteiger partial charge in [-0.05, 0) is 91.8 Å². The van der Waals surface area contributed by atoms with Crippen molar-refractivity contribution >= 4 is 167 Å². The lowest BCUT2D eigenvalue weighted by atomic mass is 9.83. The number of hydrogen-bond donors (Lipinski definition) is 21. The van der Waals surface area contributed by atoms with Crippen LogP contribution in [0.4, 0.5) is 0 Å². The van der Waals surface area contributed by atoms with Gasteiger partial charge in [0.15, 0.2) is 0 Å². The molecule has 16 amide bonds. The highest BCUT2D eigenvalue weighted by molar-refractivity contribution is 8.76. The summed E-state index contributed by atoms with van der Waals surface area (Å²) in [5, 5.41) is 54.6. The maximum atomic E-state index is 15.6. The van der Waals surface area contributed by atoms with Gasteiger partial charge in [0.05, 0.1) is 31.7 Å². The van der Waals surface area contributed by atoms with Crippen molar-refractivity contribution < 1.29 is 91.7 Å². The third-order valence-corrected chi connectivity index (χ3v) is 24.7. The minimum atomic E-state index is -2.11. The standard InChI is InChI=1S/C81H103N21O19S3/c1-40(103)67(100-76(116)55(27-44-34-87-51-20-11-8-17-48(44)51)91-70(110)53(23-25-122-3)90-41(2)104)79(119)101-68(42-14-5-4-6-15-42)80(120)99-62-38-124-123-37-61(78(118)97-60(81(121)102-24-13-22-63(102)69(84)109)28-45-35-88-52-21-12-9-18-49(45)52)98-75(115)59(32-66(107)108)96-72(112)56(29-46-36-85-39-89-46)93-71(111)54(26-43-33-86-50-19-10-7-16-47(43)50)92-73(113)57(30-64(82)105)94-74(114)58(31-65(83)106)95-77(62)117/h7-12,16-21,33-36,39-40,42,53-63,67-68,86-88,103H,4-6,13-15,22-32,37-38H2,1-3H3,(H2,82,105)(H2,83,106)(H2,84,109)(H,85,89)(H,90,104)(H,91,110)(H,92,113)(H,93,111)(H,94,114)(H,95,117)(H,96,112)(H,97,118)(H,98,115)(H,99,120)(H,100,116)(H,101,119)(H,107,108)/t40-,53+,54+,55+,56+,57+,58+,59+,60+,61+,62+,63+,67+,68+/m1/s1. The number of rotatable bonds is 32. The van der Waals surface area contributed by atoms with E-state index in [1.165, 1.54) is 49.2 Å². The molecule has 124 heavy (non-hydrogen) atoms. The smallest absolute Gasteiger partial charge is 0.305 e. The molecule has 0 radical (unpaired) electrons. The van der Waals surface area contributed by atoms with Crippen molar-refractivity contribution in [3.05, 3.63) is 126 Å². The van der Waals surface area contributed by atoms with Gasteiger partial charge in [-0.3, -0.25) is 81.5 Å². The second-order valence-corrected chi connectivity index (χ2v) is 34.3. The van der Waals surface area contributed by atoms with E-state index >= 15 is 33.6 Å². The number of aliphatic carboxylic acids is 1. The number of primary amides is 3. The highest BCUT2D eigenvalue weighted by Crippen LogP contribution is 2.30. The number of aliphatic hydroxyl groups excluding tert-OH is 1. The number of thioether (sulfide) groups is 1. The number of amides is 16. The second kappa shape index (κ2) is 44.5. The first-order valence-electron chi connectivity index (χ1n) is 40.4. The minimum absolute atomic E-state index is 0.0412. The number of carbonyl (C=O) groups excluding carboxylic acids is 16. The first-order valence-corrected chi connectivity index (χ1v) is 44.2. The van der Waals surface area contributed by atoms with Crippen molar-refractivity contribution in [2.45, 2.75) is 195 Å². The van der Waals surface area contributed by atoms with Crippen LogP contribution in [0.15, 0.2) is 104 Å².